The molecular weight excluding hydrogens is 288 g/mol. The van der Waals surface area contributed by atoms with E-state index in [0.717, 1.165) is 5.56 Å². The van der Waals surface area contributed by atoms with Crippen molar-refractivity contribution in [2.45, 2.75) is 39.5 Å². The molecule has 0 unspecified atom stereocenters. The summed E-state index contributed by atoms with van der Waals surface area (Å²) in [5.41, 5.74) is 1.62. The molecule has 0 spiro atoms. The molecule has 1 aromatic carbocycles. The van der Waals surface area contributed by atoms with Gasteiger partial charge in [0.15, 0.2) is 0 Å². The largest absolute Gasteiger partial charge is 0.341 e. The summed E-state index contributed by atoms with van der Waals surface area (Å²) in [7, 11) is -2.13. The highest BCUT2D eigenvalue weighted by Gasteiger charge is 2.22. The van der Waals surface area contributed by atoms with Gasteiger partial charge in [0.05, 0.1) is 4.90 Å². The van der Waals surface area contributed by atoms with E-state index < -0.39 is 10.0 Å². The number of hydrogen-bond acceptors (Lipinski definition) is 3. The van der Waals surface area contributed by atoms with Crippen LogP contribution in [0.1, 0.15) is 42.3 Å². The van der Waals surface area contributed by atoms with Gasteiger partial charge in [0.25, 0.3) is 5.91 Å². The highest BCUT2D eigenvalue weighted by Crippen LogP contribution is 2.22. The molecule has 2 N–H and O–H groups in total. The Morgan fingerprint density at radius 3 is 2.14 bits per heavy atom. The van der Waals surface area contributed by atoms with E-state index in [1.807, 2.05) is 20.8 Å². The standard InChI is InChI=1S/C15H24N2O3S/c1-10-7-11(2)13(21(16,19)20)8-12(10)14(18)17(6)9-15(3,4)5/h7-8H,9H2,1-6H3,(H2,16,19,20). The van der Waals surface area contributed by atoms with E-state index in [4.69, 9.17) is 5.14 Å². The van der Waals surface area contributed by atoms with E-state index in [2.05, 4.69) is 0 Å². The number of benzene rings is 1. The third-order valence-corrected chi connectivity index (χ3v) is 4.17. The monoisotopic (exact) mass is 312 g/mol. The molecule has 0 aliphatic rings. The number of rotatable bonds is 3. The van der Waals surface area contributed by atoms with Crippen LogP contribution in [0.25, 0.3) is 0 Å². The second-order valence-electron chi connectivity index (χ2n) is 6.70. The number of sulfonamides is 1. The normalized spacial score (nSPS) is 12.3. The maximum atomic E-state index is 12.5. The predicted octanol–water partition coefficient (Wildman–Crippen LogP) is 2.07. The van der Waals surface area contributed by atoms with Gasteiger partial charge in [-0.05, 0) is 36.5 Å². The molecule has 1 aromatic rings. The summed E-state index contributed by atoms with van der Waals surface area (Å²) in [6.45, 7) is 10.1. The average molecular weight is 312 g/mol. The van der Waals surface area contributed by atoms with Crippen LogP contribution >= 0.6 is 0 Å². The molecule has 5 nitrogen and oxygen atoms in total. The van der Waals surface area contributed by atoms with Gasteiger partial charge in [-0.25, -0.2) is 13.6 Å². The summed E-state index contributed by atoms with van der Waals surface area (Å²) < 4.78 is 23.2. The van der Waals surface area contributed by atoms with E-state index >= 15 is 0 Å². The van der Waals surface area contributed by atoms with Gasteiger partial charge in [0.1, 0.15) is 0 Å². The topological polar surface area (TPSA) is 80.5 Å². The van der Waals surface area contributed by atoms with Crippen molar-refractivity contribution in [1.82, 2.24) is 4.90 Å². The Kier molecular flexibility index (Phi) is 4.85. The zero-order valence-corrected chi connectivity index (χ0v) is 14.3. The lowest BCUT2D eigenvalue weighted by atomic mass is 9.95. The molecule has 1 rings (SSSR count). The molecule has 0 saturated heterocycles. The second-order valence-corrected chi connectivity index (χ2v) is 8.23. The predicted molar refractivity (Wildman–Crippen MR) is 83.7 cm³/mol. The highest BCUT2D eigenvalue weighted by atomic mass is 32.2. The smallest absolute Gasteiger partial charge is 0.253 e. The number of carbonyl (C=O) groups excluding carboxylic acids is 1. The number of hydrogen-bond donors (Lipinski definition) is 1. The fraction of sp³-hybridized carbons (Fsp3) is 0.533. The van der Waals surface area contributed by atoms with E-state index in [1.54, 1.807) is 31.9 Å². The van der Waals surface area contributed by atoms with Crippen LogP contribution in [0.15, 0.2) is 17.0 Å². The first-order chi connectivity index (χ1) is 9.33. The molecule has 1 amide bonds. The van der Waals surface area contributed by atoms with Gasteiger partial charge >= 0.3 is 0 Å². The minimum atomic E-state index is -3.84. The SMILES string of the molecule is Cc1cc(C)c(S(N)(=O)=O)cc1C(=O)N(C)CC(C)(C)C. The Hall–Kier alpha value is -1.40. The van der Waals surface area contributed by atoms with Crippen molar-refractivity contribution in [3.8, 4) is 0 Å². The highest BCUT2D eigenvalue weighted by molar-refractivity contribution is 7.89. The molecule has 0 aliphatic carbocycles. The van der Waals surface area contributed by atoms with Crippen molar-refractivity contribution in [2.75, 3.05) is 13.6 Å². The van der Waals surface area contributed by atoms with Crippen LogP contribution in [0.2, 0.25) is 0 Å². The molecule has 0 saturated carbocycles. The molecule has 118 valence electrons. The van der Waals surface area contributed by atoms with Crippen LogP contribution in [0.3, 0.4) is 0 Å². The maximum Gasteiger partial charge on any atom is 0.253 e. The Bertz CT molecular complexity index is 658. The Labute approximate surface area is 127 Å². The lowest BCUT2D eigenvalue weighted by Crippen LogP contribution is -2.35. The van der Waals surface area contributed by atoms with E-state index in [9.17, 15) is 13.2 Å². The lowest BCUT2D eigenvalue weighted by Gasteiger charge is -2.27. The number of nitrogens with two attached hydrogens (primary N) is 1. The molecule has 21 heavy (non-hydrogen) atoms. The molecule has 6 heteroatoms. The Morgan fingerprint density at radius 2 is 1.71 bits per heavy atom. The third kappa shape index (κ3) is 4.54. The van der Waals surface area contributed by atoms with Crippen LogP contribution < -0.4 is 5.14 Å². The van der Waals surface area contributed by atoms with E-state index in [0.29, 0.717) is 17.7 Å². The number of aryl methyl sites for hydroxylation is 2. The van der Waals surface area contributed by atoms with Crippen LogP contribution in [-0.4, -0.2) is 32.8 Å². The molecule has 0 heterocycles. The summed E-state index contributed by atoms with van der Waals surface area (Å²) in [5.74, 6) is -0.202. The van der Waals surface area contributed by atoms with Crippen LogP contribution in [0.5, 0.6) is 0 Å². The first-order valence-electron chi connectivity index (χ1n) is 6.72. The lowest BCUT2D eigenvalue weighted by molar-refractivity contribution is 0.0744. The minimum absolute atomic E-state index is 0.000564. The van der Waals surface area contributed by atoms with Crippen LogP contribution in [0, 0.1) is 19.3 Å². The maximum absolute atomic E-state index is 12.5. The first kappa shape index (κ1) is 17.7. The quantitative estimate of drug-likeness (QED) is 0.927. The Morgan fingerprint density at radius 1 is 1.19 bits per heavy atom. The second kappa shape index (κ2) is 5.77. The fourth-order valence-electron chi connectivity index (χ4n) is 2.36. The summed E-state index contributed by atoms with van der Waals surface area (Å²) in [4.78, 5) is 14.1. The molecule has 0 atom stereocenters. The van der Waals surface area contributed by atoms with Gasteiger partial charge in [-0.15, -0.1) is 0 Å². The molecule has 0 aromatic heterocycles. The van der Waals surface area contributed by atoms with Crippen molar-refractivity contribution in [3.63, 3.8) is 0 Å². The number of nitrogens with zero attached hydrogens (tertiary/aromatic N) is 1. The van der Waals surface area contributed by atoms with Gasteiger partial charge < -0.3 is 4.90 Å². The fourth-order valence-corrected chi connectivity index (χ4v) is 3.15. The molecule has 0 radical (unpaired) electrons. The van der Waals surface area contributed by atoms with Crippen LogP contribution in [0.4, 0.5) is 0 Å². The number of primary sulfonamides is 1. The van der Waals surface area contributed by atoms with Gasteiger partial charge in [0.2, 0.25) is 10.0 Å². The first-order valence-corrected chi connectivity index (χ1v) is 8.27. The summed E-state index contributed by atoms with van der Waals surface area (Å²) in [6, 6.07) is 3.05. The molecule has 0 bridgehead atoms. The summed E-state index contributed by atoms with van der Waals surface area (Å²) >= 11 is 0. The average Bonchev–Trinajstić information content (AvgIpc) is 2.23. The van der Waals surface area contributed by atoms with Gasteiger partial charge in [-0.3, -0.25) is 4.79 Å². The van der Waals surface area contributed by atoms with Gasteiger partial charge in [-0.1, -0.05) is 26.8 Å². The van der Waals surface area contributed by atoms with Gasteiger partial charge in [0, 0.05) is 19.2 Å². The van der Waals surface area contributed by atoms with Crippen molar-refractivity contribution < 1.29 is 13.2 Å². The van der Waals surface area contributed by atoms with Crippen molar-refractivity contribution in [1.29, 1.82) is 0 Å². The number of carbonyl (C=O) groups is 1. The van der Waals surface area contributed by atoms with E-state index in [-0.39, 0.29) is 16.2 Å². The van der Waals surface area contributed by atoms with Crippen molar-refractivity contribution in [2.24, 2.45) is 10.6 Å². The van der Waals surface area contributed by atoms with Crippen LogP contribution in [-0.2, 0) is 10.0 Å². The Balaban J connectivity index is 3.28. The van der Waals surface area contributed by atoms with Crippen molar-refractivity contribution in [3.05, 3.63) is 28.8 Å². The number of amides is 1. The van der Waals surface area contributed by atoms with Gasteiger partial charge in [-0.2, -0.15) is 0 Å². The summed E-state index contributed by atoms with van der Waals surface area (Å²) in [5, 5.41) is 5.20. The van der Waals surface area contributed by atoms with E-state index in [1.165, 1.54) is 6.07 Å². The molecular formula is C15H24N2O3S. The third-order valence-electron chi connectivity index (χ3n) is 3.12. The zero-order valence-electron chi connectivity index (χ0n) is 13.5. The molecule has 0 fully saturated rings. The zero-order chi connectivity index (χ0) is 16.6. The minimum Gasteiger partial charge on any atom is -0.341 e. The molecule has 0 aliphatic heterocycles. The summed E-state index contributed by atoms with van der Waals surface area (Å²) in [6.07, 6.45) is 0. The van der Waals surface area contributed by atoms with Crippen molar-refractivity contribution >= 4 is 15.9 Å².